The lowest BCUT2D eigenvalue weighted by molar-refractivity contribution is 0.203. The average molecular weight is 337 g/mol. The number of rotatable bonds is 4. The van der Waals surface area contributed by atoms with Gasteiger partial charge in [-0.2, -0.15) is 0 Å². The second kappa shape index (κ2) is 7.11. The van der Waals surface area contributed by atoms with Crippen molar-refractivity contribution in [3.8, 4) is 5.82 Å². The van der Waals surface area contributed by atoms with Crippen LogP contribution in [0.5, 0.6) is 0 Å². The Morgan fingerprint density at radius 2 is 1.76 bits per heavy atom. The van der Waals surface area contributed by atoms with E-state index in [1.54, 1.807) is 24.9 Å². The van der Waals surface area contributed by atoms with Crippen LogP contribution in [0.3, 0.4) is 0 Å². The SMILES string of the molecule is Fc1ccc(CN2CCC(c3nccnc3-n3ccnc3)CC2)cc1. The Morgan fingerprint density at radius 1 is 1.00 bits per heavy atom. The average Bonchev–Trinajstić information content (AvgIpc) is 3.19. The third kappa shape index (κ3) is 3.58. The largest absolute Gasteiger partial charge is 0.299 e. The summed E-state index contributed by atoms with van der Waals surface area (Å²) in [5.74, 6) is 1.09. The molecule has 128 valence electrons. The van der Waals surface area contributed by atoms with E-state index in [-0.39, 0.29) is 5.82 Å². The van der Waals surface area contributed by atoms with Gasteiger partial charge < -0.3 is 0 Å². The Hall–Kier alpha value is -2.60. The number of hydrogen-bond donors (Lipinski definition) is 0. The predicted octanol–water partition coefficient (Wildman–Crippen LogP) is 3.18. The first-order valence-electron chi connectivity index (χ1n) is 8.55. The maximum Gasteiger partial charge on any atom is 0.159 e. The molecule has 25 heavy (non-hydrogen) atoms. The first kappa shape index (κ1) is 15.9. The zero-order valence-electron chi connectivity index (χ0n) is 13.9. The van der Waals surface area contributed by atoms with E-state index in [4.69, 9.17) is 0 Å². The molecule has 1 saturated heterocycles. The Bertz CT molecular complexity index is 808. The van der Waals surface area contributed by atoms with E-state index >= 15 is 0 Å². The Labute approximate surface area is 146 Å². The van der Waals surface area contributed by atoms with Crippen molar-refractivity contribution in [1.82, 2.24) is 24.4 Å². The van der Waals surface area contributed by atoms with Crippen molar-refractivity contribution in [3.63, 3.8) is 0 Å². The van der Waals surface area contributed by atoms with Gasteiger partial charge in [-0.25, -0.2) is 14.4 Å². The standard InChI is InChI=1S/C19H20FN5/c20-17-3-1-15(2-4-17)13-24-10-5-16(6-11-24)18-19(23-8-7-22-18)25-12-9-21-14-25/h1-4,7-9,12,14,16H,5-6,10-11,13H2. The minimum Gasteiger partial charge on any atom is -0.299 e. The molecule has 0 spiro atoms. The van der Waals surface area contributed by atoms with Gasteiger partial charge in [0.25, 0.3) is 0 Å². The van der Waals surface area contributed by atoms with Crippen LogP contribution in [-0.2, 0) is 6.54 Å². The van der Waals surface area contributed by atoms with Gasteiger partial charge in [0.05, 0.1) is 5.69 Å². The number of imidazole rings is 1. The van der Waals surface area contributed by atoms with Gasteiger partial charge in [-0.1, -0.05) is 12.1 Å². The molecule has 2 aromatic heterocycles. The van der Waals surface area contributed by atoms with Gasteiger partial charge in [0.15, 0.2) is 5.82 Å². The van der Waals surface area contributed by atoms with Crippen molar-refractivity contribution >= 4 is 0 Å². The van der Waals surface area contributed by atoms with Gasteiger partial charge in [-0.05, 0) is 43.6 Å². The summed E-state index contributed by atoms with van der Waals surface area (Å²) < 4.78 is 14.9. The fourth-order valence-corrected chi connectivity index (χ4v) is 3.43. The maximum atomic E-state index is 13.0. The van der Waals surface area contributed by atoms with E-state index in [0.717, 1.165) is 49.6 Å². The second-order valence-corrected chi connectivity index (χ2v) is 6.41. The van der Waals surface area contributed by atoms with Crippen molar-refractivity contribution < 1.29 is 4.39 Å². The molecule has 3 aromatic rings. The molecule has 0 N–H and O–H groups in total. The van der Waals surface area contributed by atoms with Crippen LogP contribution in [0.1, 0.15) is 30.0 Å². The molecule has 3 heterocycles. The molecule has 1 aliphatic rings. The van der Waals surface area contributed by atoms with Crippen molar-refractivity contribution in [2.24, 2.45) is 0 Å². The lowest BCUT2D eigenvalue weighted by Crippen LogP contribution is -2.33. The monoisotopic (exact) mass is 337 g/mol. The highest BCUT2D eigenvalue weighted by molar-refractivity contribution is 5.31. The number of piperidine rings is 1. The first-order chi connectivity index (χ1) is 12.3. The van der Waals surface area contributed by atoms with Gasteiger partial charge in [0.2, 0.25) is 0 Å². The molecular formula is C19H20FN5. The molecule has 4 rings (SSSR count). The molecule has 1 fully saturated rings. The highest BCUT2D eigenvalue weighted by atomic mass is 19.1. The fraction of sp³-hybridized carbons (Fsp3) is 0.316. The van der Waals surface area contributed by atoms with Gasteiger partial charge in [0.1, 0.15) is 12.1 Å². The highest BCUT2D eigenvalue weighted by Gasteiger charge is 2.24. The molecule has 0 radical (unpaired) electrons. The number of likely N-dealkylation sites (tertiary alicyclic amines) is 1. The minimum absolute atomic E-state index is 0.183. The molecule has 0 saturated carbocycles. The smallest absolute Gasteiger partial charge is 0.159 e. The molecule has 0 atom stereocenters. The molecule has 6 heteroatoms. The Morgan fingerprint density at radius 3 is 2.48 bits per heavy atom. The summed E-state index contributed by atoms with van der Waals surface area (Å²) in [5.41, 5.74) is 2.19. The summed E-state index contributed by atoms with van der Waals surface area (Å²) in [6.07, 6.45) is 11.0. The third-order valence-electron chi connectivity index (χ3n) is 4.75. The molecule has 1 aromatic carbocycles. The van der Waals surface area contributed by atoms with E-state index in [9.17, 15) is 4.39 Å². The zero-order valence-corrected chi connectivity index (χ0v) is 13.9. The molecule has 0 bridgehead atoms. The summed E-state index contributed by atoms with van der Waals surface area (Å²) in [5, 5.41) is 0. The quantitative estimate of drug-likeness (QED) is 0.734. The van der Waals surface area contributed by atoms with Crippen LogP contribution in [0.15, 0.2) is 55.4 Å². The summed E-state index contributed by atoms with van der Waals surface area (Å²) >= 11 is 0. The Kier molecular flexibility index (Phi) is 4.52. The molecular weight excluding hydrogens is 317 g/mol. The number of halogens is 1. The van der Waals surface area contributed by atoms with Crippen molar-refractivity contribution in [3.05, 3.63) is 72.5 Å². The van der Waals surface area contributed by atoms with Crippen LogP contribution in [0.4, 0.5) is 4.39 Å². The van der Waals surface area contributed by atoms with Gasteiger partial charge >= 0.3 is 0 Å². The molecule has 0 amide bonds. The molecule has 0 unspecified atom stereocenters. The van der Waals surface area contributed by atoms with E-state index in [2.05, 4.69) is 19.9 Å². The normalized spacial score (nSPS) is 16.2. The predicted molar refractivity (Wildman–Crippen MR) is 92.8 cm³/mol. The third-order valence-corrected chi connectivity index (χ3v) is 4.75. The van der Waals surface area contributed by atoms with Crippen molar-refractivity contribution in [1.29, 1.82) is 0 Å². The van der Waals surface area contributed by atoms with Crippen LogP contribution < -0.4 is 0 Å². The first-order valence-corrected chi connectivity index (χ1v) is 8.55. The number of aromatic nitrogens is 4. The number of nitrogens with zero attached hydrogens (tertiary/aromatic N) is 5. The van der Waals surface area contributed by atoms with Crippen LogP contribution in [0.2, 0.25) is 0 Å². The van der Waals surface area contributed by atoms with E-state index < -0.39 is 0 Å². The van der Waals surface area contributed by atoms with E-state index in [0.29, 0.717) is 5.92 Å². The fourth-order valence-electron chi connectivity index (χ4n) is 3.43. The Balaban J connectivity index is 1.43. The number of hydrogen-bond acceptors (Lipinski definition) is 4. The van der Waals surface area contributed by atoms with Crippen molar-refractivity contribution in [2.45, 2.75) is 25.3 Å². The molecule has 0 aliphatic carbocycles. The molecule has 1 aliphatic heterocycles. The van der Waals surface area contributed by atoms with E-state index in [1.807, 2.05) is 22.9 Å². The summed E-state index contributed by atoms with van der Waals surface area (Å²) in [7, 11) is 0. The summed E-state index contributed by atoms with van der Waals surface area (Å²) in [6.45, 7) is 2.87. The lowest BCUT2D eigenvalue weighted by Gasteiger charge is -2.32. The minimum atomic E-state index is -0.183. The number of benzene rings is 1. The van der Waals surface area contributed by atoms with Gasteiger partial charge in [0, 0.05) is 37.3 Å². The van der Waals surface area contributed by atoms with Crippen LogP contribution in [-0.4, -0.2) is 37.5 Å². The zero-order chi connectivity index (χ0) is 17.1. The van der Waals surface area contributed by atoms with Crippen molar-refractivity contribution in [2.75, 3.05) is 13.1 Å². The van der Waals surface area contributed by atoms with Gasteiger partial charge in [-0.3, -0.25) is 14.5 Å². The lowest BCUT2D eigenvalue weighted by atomic mass is 9.92. The van der Waals surface area contributed by atoms with Crippen LogP contribution in [0, 0.1) is 5.82 Å². The van der Waals surface area contributed by atoms with E-state index in [1.165, 1.54) is 12.1 Å². The maximum absolute atomic E-state index is 13.0. The van der Waals surface area contributed by atoms with Crippen LogP contribution in [0.25, 0.3) is 5.82 Å². The topological polar surface area (TPSA) is 46.8 Å². The highest BCUT2D eigenvalue weighted by Crippen LogP contribution is 2.30. The molecule has 5 nitrogen and oxygen atoms in total. The van der Waals surface area contributed by atoms with Crippen LogP contribution >= 0.6 is 0 Å². The summed E-state index contributed by atoms with van der Waals surface area (Å²) in [4.78, 5) is 15.6. The van der Waals surface area contributed by atoms with Gasteiger partial charge in [-0.15, -0.1) is 0 Å². The second-order valence-electron chi connectivity index (χ2n) is 6.41. The summed E-state index contributed by atoms with van der Waals surface area (Å²) in [6, 6.07) is 6.78.